The van der Waals surface area contributed by atoms with Gasteiger partial charge in [0.25, 0.3) is 5.24 Å². The van der Waals surface area contributed by atoms with Gasteiger partial charge in [0.2, 0.25) is 0 Å². The number of nitrogens with zero attached hydrogens (tertiary/aromatic N) is 1. The van der Waals surface area contributed by atoms with E-state index in [1.165, 1.54) is 11.5 Å². The smallest absolute Gasteiger partial charge is 0.281 e. The second-order valence-electron chi connectivity index (χ2n) is 2.46. The van der Waals surface area contributed by atoms with Crippen LogP contribution in [0.25, 0.3) is 10.1 Å². The fourth-order valence-corrected chi connectivity index (χ4v) is 1.92. The van der Waals surface area contributed by atoms with Crippen molar-refractivity contribution in [2.45, 2.75) is 0 Å². The topological polar surface area (TPSA) is 42.0 Å². The molecule has 0 fully saturated rings. The Balaban J connectivity index is 2.51. The highest BCUT2D eigenvalue weighted by atomic mass is 32.1. The van der Waals surface area contributed by atoms with Crippen LogP contribution >= 0.6 is 24.2 Å². The Labute approximate surface area is 84.3 Å². The lowest BCUT2D eigenvalue weighted by atomic mass is 10.3. The lowest BCUT2D eigenvalue weighted by molar-refractivity contribution is 0.270. The highest BCUT2D eigenvalue weighted by Gasteiger charge is 2.05. The van der Waals surface area contributed by atoms with Crippen LogP contribution < -0.4 is 5.32 Å². The molecule has 0 saturated carbocycles. The lowest BCUT2D eigenvalue weighted by Crippen LogP contribution is -2.00. The van der Waals surface area contributed by atoms with E-state index in [4.69, 9.17) is 0 Å². The fourth-order valence-electron chi connectivity index (χ4n) is 1.08. The molecule has 0 radical (unpaired) electrons. The van der Waals surface area contributed by atoms with Crippen LogP contribution in [0, 0.1) is 0 Å². The number of hydrogen-bond donors (Lipinski definition) is 2. The maximum Gasteiger partial charge on any atom is 0.281 e. The quantitative estimate of drug-likeness (QED) is 0.711. The first-order chi connectivity index (χ1) is 6.27. The third-order valence-electron chi connectivity index (χ3n) is 1.60. The number of anilines is 1. The zero-order chi connectivity index (χ0) is 9.26. The van der Waals surface area contributed by atoms with E-state index >= 15 is 0 Å². The third kappa shape index (κ3) is 1.66. The Morgan fingerprint density at radius 3 is 3.00 bits per heavy atom. The number of amides is 1. The molecule has 0 saturated heterocycles. The molecule has 2 aromatic rings. The number of carbonyl (C=O) groups excluding carboxylic acids is 1. The molecule has 1 amide bonds. The third-order valence-corrected chi connectivity index (χ3v) is 2.54. The van der Waals surface area contributed by atoms with Crippen LogP contribution in [-0.4, -0.2) is 9.61 Å². The summed E-state index contributed by atoms with van der Waals surface area (Å²) >= 11 is 4.98. The van der Waals surface area contributed by atoms with Crippen LogP contribution in [0.4, 0.5) is 10.6 Å². The van der Waals surface area contributed by atoms with E-state index in [-0.39, 0.29) is 0 Å². The number of nitrogens with one attached hydrogen (secondary N) is 1. The molecule has 0 spiro atoms. The second kappa shape index (κ2) is 3.35. The highest BCUT2D eigenvalue weighted by molar-refractivity contribution is 7.96. The van der Waals surface area contributed by atoms with Crippen LogP contribution in [-0.2, 0) is 0 Å². The first-order valence-corrected chi connectivity index (χ1v) is 4.84. The predicted octanol–water partition coefficient (Wildman–Crippen LogP) is 2.76. The van der Waals surface area contributed by atoms with Crippen LogP contribution in [0.1, 0.15) is 0 Å². The van der Waals surface area contributed by atoms with Crippen molar-refractivity contribution in [3.8, 4) is 0 Å². The minimum atomic E-state index is -0.393. The molecule has 0 aliphatic heterocycles. The highest BCUT2D eigenvalue weighted by Crippen LogP contribution is 2.26. The minimum absolute atomic E-state index is 0.393. The Bertz CT molecular complexity index is 452. The molecule has 1 heterocycles. The van der Waals surface area contributed by atoms with E-state index in [9.17, 15) is 4.79 Å². The maximum absolute atomic E-state index is 10.7. The monoisotopic (exact) mass is 210 g/mol. The molecule has 66 valence electrons. The van der Waals surface area contributed by atoms with Crippen LogP contribution in [0.3, 0.4) is 0 Å². The Morgan fingerprint density at radius 2 is 2.23 bits per heavy atom. The largest absolute Gasteiger partial charge is 0.300 e. The van der Waals surface area contributed by atoms with Crippen molar-refractivity contribution in [1.82, 2.24) is 4.37 Å². The summed E-state index contributed by atoms with van der Waals surface area (Å²) in [6.07, 6.45) is 0. The Kier molecular flexibility index (Phi) is 2.20. The molecule has 0 atom stereocenters. The molecule has 3 nitrogen and oxygen atoms in total. The molecule has 13 heavy (non-hydrogen) atoms. The molecule has 0 bridgehead atoms. The number of hydrogen-bond acceptors (Lipinski definition) is 3. The van der Waals surface area contributed by atoms with Gasteiger partial charge in [0.1, 0.15) is 0 Å². The van der Waals surface area contributed by atoms with Crippen molar-refractivity contribution < 1.29 is 4.79 Å². The van der Waals surface area contributed by atoms with Gasteiger partial charge in [-0.1, -0.05) is 24.8 Å². The van der Waals surface area contributed by atoms with Crippen LogP contribution in [0.2, 0.25) is 0 Å². The SMILES string of the molecule is O=C(S)Nc1nsc2ccccc12. The van der Waals surface area contributed by atoms with E-state index in [1.54, 1.807) is 0 Å². The van der Waals surface area contributed by atoms with Crippen molar-refractivity contribution in [2.24, 2.45) is 0 Å². The van der Waals surface area contributed by atoms with Crippen molar-refractivity contribution in [3.63, 3.8) is 0 Å². The predicted molar refractivity (Wildman–Crippen MR) is 57.6 cm³/mol. The number of thiol groups is 1. The van der Waals surface area contributed by atoms with Crippen molar-refractivity contribution in [2.75, 3.05) is 5.32 Å². The van der Waals surface area contributed by atoms with E-state index in [2.05, 4.69) is 22.3 Å². The maximum atomic E-state index is 10.7. The summed E-state index contributed by atoms with van der Waals surface area (Å²) < 4.78 is 5.15. The molecular weight excluding hydrogens is 204 g/mol. The van der Waals surface area contributed by atoms with Gasteiger partial charge in [0, 0.05) is 5.39 Å². The molecule has 1 aromatic carbocycles. The molecule has 5 heteroatoms. The van der Waals surface area contributed by atoms with Crippen LogP contribution in [0.15, 0.2) is 24.3 Å². The zero-order valence-corrected chi connectivity index (χ0v) is 8.23. The van der Waals surface area contributed by atoms with E-state index in [1.807, 2.05) is 24.3 Å². The standard InChI is InChI=1S/C8H6N2OS2/c11-8(12)9-7-5-3-1-2-4-6(5)13-10-7/h1-4H,(H2,9,10,11,12). The Morgan fingerprint density at radius 1 is 1.46 bits per heavy atom. The average Bonchev–Trinajstić information content (AvgIpc) is 2.48. The van der Waals surface area contributed by atoms with Crippen molar-refractivity contribution in [3.05, 3.63) is 24.3 Å². The van der Waals surface area contributed by atoms with Crippen LogP contribution in [0.5, 0.6) is 0 Å². The first kappa shape index (κ1) is 8.52. The summed E-state index contributed by atoms with van der Waals surface area (Å²) in [5, 5.41) is 3.11. The summed E-state index contributed by atoms with van der Waals surface area (Å²) in [5.74, 6) is 0.584. The second-order valence-corrected chi connectivity index (χ2v) is 3.67. The molecular formula is C8H6N2OS2. The molecule has 2 rings (SSSR count). The van der Waals surface area contributed by atoms with E-state index in [0.29, 0.717) is 5.82 Å². The summed E-state index contributed by atoms with van der Waals surface area (Å²) in [6, 6.07) is 7.72. The molecule has 1 aromatic heterocycles. The van der Waals surface area contributed by atoms with Gasteiger partial charge in [-0.3, -0.25) is 4.79 Å². The number of carbonyl (C=O) groups is 1. The van der Waals surface area contributed by atoms with Gasteiger partial charge in [-0.05, 0) is 23.7 Å². The summed E-state index contributed by atoms with van der Waals surface area (Å²) in [6.45, 7) is 0. The summed E-state index contributed by atoms with van der Waals surface area (Å²) in [5.41, 5.74) is 0. The summed E-state index contributed by atoms with van der Waals surface area (Å²) in [7, 11) is 0. The normalized spacial score (nSPS) is 10.2. The van der Waals surface area contributed by atoms with E-state index < -0.39 is 5.24 Å². The molecule has 0 unspecified atom stereocenters. The van der Waals surface area contributed by atoms with Gasteiger partial charge in [0.15, 0.2) is 5.82 Å². The number of benzene rings is 1. The van der Waals surface area contributed by atoms with Crippen molar-refractivity contribution in [1.29, 1.82) is 0 Å². The number of fused-ring (bicyclic) bond motifs is 1. The minimum Gasteiger partial charge on any atom is -0.300 e. The van der Waals surface area contributed by atoms with Gasteiger partial charge in [-0.2, -0.15) is 4.37 Å². The Hall–Kier alpha value is -1.07. The first-order valence-electron chi connectivity index (χ1n) is 3.62. The van der Waals surface area contributed by atoms with Gasteiger partial charge in [0.05, 0.1) is 4.70 Å². The fraction of sp³-hybridized carbons (Fsp3) is 0. The van der Waals surface area contributed by atoms with Gasteiger partial charge in [-0.15, -0.1) is 0 Å². The molecule has 0 aliphatic rings. The van der Waals surface area contributed by atoms with Gasteiger partial charge < -0.3 is 5.32 Å². The van der Waals surface area contributed by atoms with E-state index in [0.717, 1.165) is 10.1 Å². The number of aromatic nitrogens is 1. The number of rotatable bonds is 1. The molecule has 0 aliphatic carbocycles. The summed E-state index contributed by atoms with van der Waals surface area (Å²) in [4.78, 5) is 10.7. The lowest BCUT2D eigenvalue weighted by Gasteiger charge is -1.95. The van der Waals surface area contributed by atoms with Gasteiger partial charge in [-0.25, -0.2) is 0 Å². The zero-order valence-electron chi connectivity index (χ0n) is 6.52. The average molecular weight is 210 g/mol. The van der Waals surface area contributed by atoms with Gasteiger partial charge >= 0.3 is 0 Å². The van der Waals surface area contributed by atoms with Crippen molar-refractivity contribution >= 4 is 45.3 Å². The molecule has 1 N–H and O–H groups in total.